The summed E-state index contributed by atoms with van der Waals surface area (Å²) in [5, 5.41) is 0. The minimum Gasteiger partial charge on any atom is -0.465 e. The fraction of sp³-hybridized carbons (Fsp3) is 0.235. The summed E-state index contributed by atoms with van der Waals surface area (Å²) in [6.45, 7) is 1.73. The molecule has 0 fully saturated rings. The second-order valence-electron chi connectivity index (χ2n) is 4.92. The molecule has 0 saturated heterocycles. The van der Waals surface area contributed by atoms with Gasteiger partial charge in [-0.1, -0.05) is 12.1 Å². The molecule has 0 bridgehead atoms. The van der Waals surface area contributed by atoms with Crippen molar-refractivity contribution in [2.75, 3.05) is 20.8 Å². The molecule has 0 atom stereocenters. The highest BCUT2D eigenvalue weighted by Crippen LogP contribution is 2.33. The van der Waals surface area contributed by atoms with Crippen molar-refractivity contribution in [3.63, 3.8) is 0 Å². The Bertz CT molecular complexity index is 800. The monoisotopic (exact) mass is 365 g/mol. The Hall–Kier alpha value is -2.74. The van der Waals surface area contributed by atoms with E-state index in [0.29, 0.717) is 10.4 Å². The number of carbonyl (C=O) groups is 3. The molecule has 6 nitrogen and oxygen atoms in total. The number of esters is 1. The van der Waals surface area contributed by atoms with Gasteiger partial charge in [0.05, 0.1) is 19.3 Å². The van der Waals surface area contributed by atoms with Crippen molar-refractivity contribution in [2.45, 2.75) is 6.92 Å². The first-order valence-electron chi connectivity index (χ1n) is 7.32. The van der Waals surface area contributed by atoms with Crippen LogP contribution in [0.2, 0.25) is 0 Å². The van der Waals surface area contributed by atoms with Gasteiger partial charge < -0.3 is 9.47 Å². The number of rotatable bonds is 4. The number of hydrogen-bond donors (Lipinski definition) is 0. The van der Waals surface area contributed by atoms with Crippen LogP contribution < -0.4 is 0 Å². The van der Waals surface area contributed by atoms with Crippen LogP contribution in [0.4, 0.5) is 9.18 Å². The molecule has 0 radical (unpaired) electrons. The largest absolute Gasteiger partial charge is 0.465 e. The number of hydrogen-bond acceptors (Lipinski definition) is 6. The van der Waals surface area contributed by atoms with Gasteiger partial charge in [-0.15, -0.1) is 11.3 Å². The van der Waals surface area contributed by atoms with Crippen LogP contribution in [-0.2, 0) is 9.47 Å². The highest BCUT2D eigenvalue weighted by atomic mass is 32.1. The quantitative estimate of drug-likeness (QED) is 0.775. The van der Waals surface area contributed by atoms with Crippen LogP contribution in [0.1, 0.15) is 27.0 Å². The Balaban J connectivity index is 2.45. The first-order valence-corrected chi connectivity index (χ1v) is 8.13. The topological polar surface area (TPSA) is 72.9 Å². The molecule has 132 valence electrons. The summed E-state index contributed by atoms with van der Waals surface area (Å²) < 4.78 is 22.6. The lowest BCUT2D eigenvalue weighted by atomic mass is 10.1. The zero-order valence-electron chi connectivity index (χ0n) is 13.9. The molecule has 1 aromatic carbocycles. The fourth-order valence-electron chi connectivity index (χ4n) is 2.03. The third-order valence-electron chi connectivity index (χ3n) is 3.31. The van der Waals surface area contributed by atoms with Crippen LogP contribution >= 0.6 is 11.3 Å². The molecule has 0 N–H and O–H groups in total. The van der Waals surface area contributed by atoms with Crippen LogP contribution in [0, 0.1) is 5.82 Å². The lowest BCUT2D eigenvalue weighted by Crippen LogP contribution is -2.34. The zero-order chi connectivity index (χ0) is 18.6. The van der Waals surface area contributed by atoms with E-state index in [0.717, 1.165) is 16.2 Å². The van der Waals surface area contributed by atoms with Gasteiger partial charge in [0.25, 0.3) is 5.91 Å². The van der Waals surface area contributed by atoms with Crippen LogP contribution in [0.3, 0.4) is 0 Å². The van der Waals surface area contributed by atoms with E-state index >= 15 is 0 Å². The molecular formula is C17H16FNO5S. The summed E-state index contributed by atoms with van der Waals surface area (Å²) >= 11 is 1.03. The number of imide groups is 1. The van der Waals surface area contributed by atoms with Crippen molar-refractivity contribution in [1.82, 2.24) is 4.90 Å². The van der Waals surface area contributed by atoms with Gasteiger partial charge in [-0.3, -0.25) is 4.79 Å². The maximum atomic E-state index is 13.1. The lowest BCUT2D eigenvalue weighted by Gasteiger charge is -2.14. The van der Waals surface area contributed by atoms with Crippen LogP contribution in [0.5, 0.6) is 0 Å². The minimum absolute atomic E-state index is 0.0201. The zero-order valence-corrected chi connectivity index (χ0v) is 14.7. The standard InChI is InChI=1S/C17H16FNO5S/c1-4-24-17(22)19(2)15(20)12-9-13(25-14(12)16(21)23-3)10-5-7-11(18)8-6-10/h5-9H,4H2,1-3H3. The maximum Gasteiger partial charge on any atom is 0.416 e. The highest BCUT2D eigenvalue weighted by molar-refractivity contribution is 7.17. The van der Waals surface area contributed by atoms with Crippen LogP contribution in [-0.4, -0.2) is 43.6 Å². The second-order valence-corrected chi connectivity index (χ2v) is 5.97. The highest BCUT2D eigenvalue weighted by Gasteiger charge is 2.28. The number of benzene rings is 1. The molecular weight excluding hydrogens is 349 g/mol. The maximum absolute atomic E-state index is 13.1. The summed E-state index contributed by atoms with van der Waals surface area (Å²) in [6, 6.07) is 7.09. The number of carbonyl (C=O) groups excluding carboxylic acids is 3. The van der Waals surface area contributed by atoms with Gasteiger partial charge in [0.1, 0.15) is 10.7 Å². The molecule has 2 amide bonds. The van der Waals surface area contributed by atoms with Crippen molar-refractivity contribution in [3.05, 3.63) is 46.6 Å². The predicted octanol–water partition coefficient (Wildman–Crippen LogP) is 3.57. The average Bonchev–Trinajstić information content (AvgIpc) is 3.05. The van der Waals surface area contributed by atoms with Gasteiger partial charge in [-0.2, -0.15) is 0 Å². The first-order chi connectivity index (χ1) is 11.9. The van der Waals surface area contributed by atoms with E-state index in [9.17, 15) is 18.8 Å². The number of nitrogens with zero attached hydrogens (tertiary/aromatic N) is 1. The SMILES string of the molecule is CCOC(=O)N(C)C(=O)c1cc(-c2ccc(F)cc2)sc1C(=O)OC. The normalized spacial score (nSPS) is 10.2. The Morgan fingerprint density at radius 1 is 1.20 bits per heavy atom. The Labute approximate surface area is 147 Å². The van der Waals surface area contributed by atoms with E-state index in [2.05, 4.69) is 0 Å². The second kappa shape index (κ2) is 7.89. The van der Waals surface area contributed by atoms with E-state index in [1.165, 1.54) is 44.5 Å². The van der Waals surface area contributed by atoms with E-state index < -0.39 is 23.8 Å². The van der Waals surface area contributed by atoms with E-state index in [1.54, 1.807) is 6.92 Å². The van der Waals surface area contributed by atoms with Gasteiger partial charge in [-0.05, 0) is 30.7 Å². The van der Waals surface area contributed by atoms with Crippen molar-refractivity contribution in [2.24, 2.45) is 0 Å². The average molecular weight is 365 g/mol. The van der Waals surface area contributed by atoms with Gasteiger partial charge >= 0.3 is 12.1 Å². The third-order valence-corrected chi connectivity index (χ3v) is 4.47. The molecule has 1 heterocycles. The Morgan fingerprint density at radius 2 is 1.84 bits per heavy atom. The Morgan fingerprint density at radius 3 is 2.40 bits per heavy atom. The molecule has 0 unspecified atom stereocenters. The molecule has 2 aromatic rings. The smallest absolute Gasteiger partial charge is 0.416 e. The van der Waals surface area contributed by atoms with E-state index in [4.69, 9.17) is 9.47 Å². The van der Waals surface area contributed by atoms with E-state index in [1.807, 2.05) is 0 Å². The number of halogens is 1. The van der Waals surface area contributed by atoms with Crippen molar-refractivity contribution in [1.29, 1.82) is 0 Å². The fourth-order valence-corrected chi connectivity index (χ4v) is 3.11. The number of ether oxygens (including phenoxy) is 2. The van der Waals surface area contributed by atoms with Gasteiger partial charge in [0, 0.05) is 11.9 Å². The summed E-state index contributed by atoms with van der Waals surface area (Å²) in [4.78, 5) is 37.7. The van der Waals surface area contributed by atoms with Gasteiger partial charge in [0.2, 0.25) is 0 Å². The summed E-state index contributed by atoms with van der Waals surface area (Å²) in [5.74, 6) is -1.78. The third kappa shape index (κ3) is 4.03. The van der Waals surface area contributed by atoms with Crippen molar-refractivity contribution >= 4 is 29.3 Å². The Kier molecular flexibility index (Phi) is 5.87. The molecule has 0 spiro atoms. The molecule has 0 aliphatic carbocycles. The van der Waals surface area contributed by atoms with Crippen LogP contribution in [0.15, 0.2) is 30.3 Å². The minimum atomic E-state index is -0.821. The van der Waals surface area contributed by atoms with Crippen molar-refractivity contribution in [3.8, 4) is 10.4 Å². The molecule has 0 aliphatic heterocycles. The lowest BCUT2D eigenvalue weighted by molar-refractivity contribution is 0.0593. The number of amides is 2. The molecule has 0 aliphatic rings. The molecule has 0 saturated carbocycles. The number of thiophene rings is 1. The van der Waals surface area contributed by atoms with Gasteiger partial charge in [-0.25, -0.2) is 18.9 Å². The molecule has 25 heavy (non-hydrogen) atoms. The number of methoxy groups -OCH3 is 1. The first kappa shape index (κ1) is 18.6. The van der Waals surface area contributed by atoms with Crippen LogP contribution in [0.25, 0.3) is 10.4 Å². The van der Waals surface area contributed by atoms with E-state index in [-0.39, 0.29) is 17.0 Å². The summed E-state index contributed by atoms with van der Waals surface area (Å²) in [5.41, 5.74) is 0.654. The van der Waals surface area contributed by atoms with Gasteiger partial charge in [0.15, 0.2) is 0 Å². The molecule has 1 aromatic heterocycles. The summed E-state index contributed by atoms with van der Waals surface area (Å²) in [7, 11) is 2.46. The predicted molar refractivity (Wildman–Crippen MR) is 90.2 cm³/mol. The molecule has 2 rings (SSSR count). The van der Waals surface area contributed by atoms with Crippen molar-refractivity contribution < 1.29 is 28.2 Å². The molecule has 8 heteroatoms. The summed E-state index contributed by atoms with van der Waals surface area (Å²) in [6.07, 6.45) is -0.821.